The van der Waals surface area contributed by atoms with Crippen molar-refractivity contribution in [2.75, 3.05) is 38.7 Å². The van der Waals surface area contributed by atoms with Crippen molar-refractivity contribution in [2.24, 2.45) is 0 Å². The Balaban J connectivity index is 1.47. The fourth-order valence-corrected chi connectivity index (χ4v) is 4.80. The summed E-state index contributed by atoms with van der Waals surface area (Å²) < 4.78 is 62.2. The third-order valence-corrected chi connectivity index (χ3v) is 6.54. The van der Waals surface area contributed by atoms with Crippen LogP contribution in [0.15, 0.2) is 30.5 Å². The molecule has 198 valence electrons. The first-order valence-electron chi connectivity index (χ1n) is 11.7. The molecule has 0 bridgehead atoms. The molecule has 1 aliphatic rings. The molecule has 5 rings (SSSR count). The van der Waals surface area contributed by atoms with Crippen molar-refractivity contribution in [3.63, 3.8) is 0 Å². The van der Waals surface area contributed by atoms with E-state index in [1.54, 1.807) is 30.5 Å². The molecule has 0 saturated carbocycles. The molecule has 0 amide bonds. The van der Waals surface area contributed by atoms with E-state index in [0.717, 1.165) is 4.68 Å². The number of anilines is 1. The standard InChI is InChI=1S/C23H26F4N8O2/c1-22(24)12-33(9-10-36)7-6-18(22)28-21-29-20(37-2)19-15(5-8-34(19)31-21)14-3-4-16-17(11-14)35(32-30-16)13-23(25,26)27/h3-5,8,11,18,36H,6-7,9-10,12-13H2,1-2H3,(H,28,31). The molecule has 1 aromatic carbocycles. The molecule has 2 unspecified atom stereocenters. The Morgan fingerprint density at radius 3 is 2.78 bits per heavy atom. The number of aromatic nitrogens is 6. The van der Waals surface area contributed by atoms with Crippen LogP contribution in [0, 0.1) is 0 Å². The van der Waals surface area contributed by atoms with Gasteiger partial charge in [-0.25, -0.2) is 13.6 Å². The van der Waals surface area contributed by atoms with Gasteiger partial charge in [-0.05, 0) is 37.1 Å². The van der Waals surface area contributed by atoms with Crippen molar-refractivity contribution < 1.29 is 27.4 Å². The van der Waals surface area contributed by atoms with Crippen molar-refractivity contribution in [1.29, 1.82) is 0 Å². The van der Waals surface area contributed by atoms with E-state index < -0.39 is 24.4 Å². The summed E-state index contributed by atoms with van der Waals surface area (Å²) in [5.74, 6) is 0.400. The summed E-state index contributed by atoms with van der Waals surface area (Å²) in [6, 6.07) is 6.11. The zero-order valence-corrected chi connectivity index (χ0v) is 20.2. The highest BCUT2D eigenvalue weighted by Crippen LogP contribution is 2.34. The van der Waals surface area contributed by atoms with Gasteiger partial charge in [0.05, 0.1) is 25.3 Å². The molecule has 10 nitrogen and oxygen atoms in total. The van der Waals surface area contributed by atoms with Gasteiger partial charge in [0.15, 0.2) is 0 Å². The molecule has 0 radical (unpaired) electrons. The van der Waals surface area contributed by atoms with Crippen LogP contribution in [0.4, 0.5) is 23.5 Å². The fraction of sp³-hybridized carbons (Fsp3) is 0.478. The van der Waals surface area contributed by atoms with E-state index in [1.165, 1.54) is 18.5 Å². The molecule has 1 aliphatic heterocycles. The van der Waals surface area contributed by atoms with Gasteiger partial charge in [0.25, 0.3) is 0 Å². The number of benzene rings is 1. The van der Waals surface area contributed by atoms with Crippen LogP contribution in [0.5, 0.6) is 5.88 Å². The number of aliphatic hydroxyl groups is 1. The quantitative estimate of drug-likeness (QED) is 0.357. The van der Waals surface area contributed by atoms with Gasteiger partial charge in [-0.15, -0.1) is 10.2 Å². The minimum Gasteiger partial charge on any atom is -0.479 e. The van der Waals surface area contributed by atoms with E-state index in [9.17, 15) is 13.2 Å². The number of fused-ring (bicyclic) bond motifs is 2. The summed E-state index contributed by atoms with van der Waals surface area (Å²) in [4.78, 5) is 6.32. The van der Waals surface area contributed by atoms with Crippen LogP contribution in [0.25, 0.3) is 27.7 Å². The summed E-state index contributed by atoms with van der Waals surface area (Å²) in [5.41, 5.74) is 0.744. The number of ether oxygens (including phenoxy) is 1. The SMILES string of the molecule is COc1nc(NC2CCN(CCO)CC2(C)F)nn2ccc(-c3ccc4nnn(CC(F)(F)F)c4c3)c12. The molecule has 2 atom stereocenters. The Morgan fingerprint density at radius 2 is 2.08 bits per heavy atom. The van der Waals surface area contributed by atoms with Crippen LogP contribution in [-0.4, -0.2) is 90.8 Å². The molecule has 14 heteroatoms. The van der Waals surface area contributed by atoms with Gasteiger partial charge in [0, 0.05) is 31.4 Å². The average Bonchev–Trinajstić information content (AvgIpc) is 3.43. The lowest BCUT2D eigenvalue weighted by Gasteiger charge is -2.41. The highest BCUT2D eigenvalue weighted by molar-refractivity contribution is 5.89. The summed E-state index contributed by atoms with van der Waals surface area (Å²) in [6.45, 7) is 1.42. The number of nitrogens with zero attached hydrogens (tertiary/aromatic N) is 7. The molecule has 37 heavy (non-hydrogen) atoms. The van der Waals surface area contributed by atoms with E-state index in [4.69, 9.17) is 9.84 Å². The predicted molar refractivity (Wildman–Crippen MR) is 127 cm³/mol. The predicted octanol–water partition coefficient (Wildman–Crippen LogP) is 2.92. The second-order valence-corrected chi connectivity index (χ2v) is 9.30. The Kier molecular flexibility index (Phi) is 6.40. The largest absolute Gasteiger partial charge is 0.479 e. The van der Waals surface area contributed by atoms with Crippen LogP contribution >= 0.6 is 0 Å². The molecule has 2 N–H and O–H groups in total. The summed E-state index contributed by atoms with van der Waals surface area (Å²) in [6.07, 6.45) is -2.27. The molecule has 0 spiro atoms. The normalized spacial score (nSPS) is 21.1. The maximum absolute atomic E-state index is 15.4. The smallest absolute Gasteiger partial charge is 0.408 e. The van der Waals surface area contributed by atoms with Crippen LogP contribution in [-0.2, 0) is 6.54 Å². The molecule has 3 aromatic heterocycles. The Morgan fingerprint density at radius 1 is 1.27 bits per heavy atom. The summed E-state index contributed by atoms with van der Waals surface area (Å²) in [5, 5.41) is 24.2. The lowest BCUT2D eigenvalue weighted by atomic mass is 9.91. The van der Waals surface area contributed by atoms with Crippen LogP contribution in [0.1, 0.15) is 13.3 Å². The number of rotatable bonds is 7. The number of likely N-dealkylation sites (tertiary alicyclic amines) is 1. The average molecular weight is 523 g/mol. The van der Waals surface area contributed by atoms with E-state index in [0.29, 0.717) is 41.7 Å². The van der Waals surface area contributed by atoms with E-state index >= 15 is 4.39 Å². The monoisotopic (exact) mass is 522 g/mol. The number of piperidine rings is 1. The van der Waals surface area contributed by atoms with Crippen molar-refractivity contribution in [3.8, 4) is 17.0 Å². The van der Waals surface area contributed by atoms with Crippen molar-refractivity contribution in [2.45, 2.75) is 37.8 Å². The van der Waals surface area contributed by atoms with E-state index in [-0.39, 0.29) is 30.5 Å². The van der Waals surface area contributed by atoms with E-state index in [2.05, 4.69) is 25.7 Å². The molecule has 1 fully saturated rings. The number of β-amino-alcohol motifs (C(OH)–C–C–N with tert-alkyl or cyclic N) is 1. The molecule has 4 heterocycles. The number of hydrogen-bond donors (Lipinski definition) is 2. The molecule has 0 aliphatic carbocycles. The minimum atomic E-state index is -4.44. The Hall–Kier alpha value is -3.52. The number of nitrogens with one attached hydrogen (secondary N) is 1. The van der Waals surface area contributed by atoms with Gasteiger partial charge in [-0.2, -0.15) is 18.2 Å². The zero-order chi connectivity index (χ0) is 26.4. The number of methoxy groups -OCH3 is 1. The topological polar surface area (TPSA) is 106 Å². The van der Waals surface area contributed by atoms with E-state index in [1.807, 2.05) is 4.90 Å². The third kappa shape index (κ3) is 5.03. The van der Waals surface area contributed by atoms with Crippen LogP contribution in [0.3, 0.4) is 0 Å². The number of aliphatic hydroxyl groups excluding tert-OH is 1. The minimum absolute atomic E-state index is 0.0325. The van der Waals surface area contributed by atoms with Crippen molar-refractivity contribution in [1.82, 2.24) is 34.5 Å². The van der Waals surface area contributed by atoms with Crippen LogP contribution < -0.4 is 10.1 Å². The highest BCUT2D eigenvalue weighted by atomic mass is 19.4. The zero-order valence-electron chi connectivity index (χ0n) is 20.2. The maximum atomic E-state index is 15.4. The second kappa shape index (κ2) is 9.41. The van der Waals surface area contributed by atoms with Gasteiger partial charge >= 0.3 is 6.18 Å². The first-order chi connectivity index (χ1) is 17.6. The first kappa shape index (κ1) is 25.1. The third-order valence-electron chi connectivity index (χ3n) is 6.54. The first-order valence-corrected chi connectivity index (χ1v) is 11.7. The van der Waals surface area contributed by atoms with Gasteiger partial charge in [0.1, 0.15) is 23.2 Å². The second-order valence-electron chi connectivity index (χ2n) is 9.30. The van der Waals surface area contributed by atoms with Gasteiger partial charge in [-0.3, -0.25) is 4.90 Å². The molecule has 4 aromatic rings. The van der Waals surface area contributed by atoms with Gasteiger partial charge in [0.2, 0.25) is 11.8 Å². The highest BCUT2D eigenvalue weighted by Gasteiger charge is 2.40. The van der Waals surface area contributed by atoms with Crippen LogP contribution in [0.2, 0.25) is 0 Å². The number of alkyl halides is 4. The lowest BCUT2D eigenvalue weighted by molar-refractivity contribution is -0.142. The molecule has 1 saturated heterocycles. The maximum Gasteiger partial charge on any atom is 0.408 e. The fourth-order valence-electron chi connectivity index (χ4n) is 4.80. The van der Waals surface area contributed by atoms with Crippen molar-refractivity contribution >= 4 is 22.5 Å². The lowest BCUT2D eigenvalue weighted by Crippen LogP contribution is -2.55. The number of halogens is 4. The summed E-state index contributed by atoms with van der Waals surface area (Å²) in [7, 11) is 1.45. The number of hydrogen-bond acceptors (Lipinski definition) is 8. The molecular weight excluding hydrogens is 496 g/mol. The summed E-state index contributed by atoms with van der Waals surface area (Å²) >= 11 is 0. The van der Waals surface area contributed by atoms with Gasteiger partial charge < -0.3 is 15.2 Å². The van der Waals surface area contributed by atoms with Crippen molar-refractivity contribution in [3.05, 3.63) is 30.5 Å². The molecular formula is C23H26F4N8O2. The van der Waals surface area contributed by atoms with Gasteiger partial charge in [-0.1, -0.05) is 11.3 Å². The Bertz CT molecular complexity index is 1420. The Labute approximate surface area is 208 Å².